The number of methoxy groups -OCH3 is 2. The fourth-order valence-electron chi connectivity index (χ4n) is 2.49. The van der Waals surface area contributed by atoms with Gasteiger partial charge in [0.15, 0.2) is 11.5 Å². The van der Waals surface area contributed by atoms with Crippen LogP contribution in [0.3, 0.4) is 0 Å². The molecule has 1 atom stereocenters. The molecule has 0 heterocycles. The predicted molar refractivity (Wildman–Crippen MR) is 101 cm³/mol. The minimum Gasteiger partial charge on any atom is -0.493 e. The number of aliphatic hydroxyl groups is 1. The minimum atomic E-state index is -0.981. The molecule has 0 aliphatic heterocycles. The summed E-state index contributed by atoms with van der Waals surface area (Å²) in [5, 5.41) is 15.2. The molecule has 0 aromatic heterocycles. The number of hydrogen-bond acceptors (Lipinski definition) is 5. The van der Waals surface area contributed by atoms with E-state index in [1.54, 1.807) is 18.2 Å². The summed E-state index contributed by atoms with van der Waals surface area (Å²) in [7, 11) is 3.01. The third-order valence-corrected chi connectivity index (χ3v) is 4.00. The molecule has 2 aromatic carbocycles. The normalized spacial score (nSPS) is 11.4. The van der Waals surface area contributed by atoms with Gasteiger partial charge in [-0.2, -0.15) is 0 Å². The van der Waals surface area contributed by atoms with Gasteiger partial charge in [0.1, 0.15) is 0 Å². The Morgan fingerprint density at radius 2 is 1.63 bits per heavy atom. The van der Waals surface area contributed by atoms with Crippen LogP contribution in [-0.2, 0) is 16.0 Å². The lowest BCUT2D eigenvalue weighted by atomic mass is 10.1. The molecule has 0 bridgehead atoms. The van der Waals surface area contributed by atoms with Gasteiger partial charge in [-0.05, 0) is 29.7 Å². The van der Waals surface area contributed by atoms with Crippen LogP contribution in [-0.4, -0.2) is 44.2 Å². The van der Waals surface area contributed by atoms with E-state index in [-0.39, 0.29) is 6.54 Å². The zero-order chi connectivity index (χ0) is 19.6. The van der Waals surface area contributed by atoms with E-state index in [9.17, 15) is 14.7 Å². The Balaban J connectivity index is 1.79. The summed E-state index contributed by atoms with van der Waals surface area (Å²) in [5.41, 5.74) is 1.61. The maximum absolute atomic E-state index is 11.9. The molecular weight excluding hydrogens is 348 g/mol. The number of benzene rings is 2. The maximum atomic E-state index is 11.9. The first-order valence-corrected chi connectivity index (χ1v) is 8.55. The van der Waals surface area contributed by atoms with E-state index >= 15 is 0 Å². The van der Waals surface area contributed by atoms with Crippen molar-refractivity contribution < 1.29 is 24.2 Å². The smallest absolute Gasteiger partial charge is 0.309 e. The van der Waals surface area contributed by atoms with E-state index in [4.69, 9.17) is 9.47 Å². The number of amides is 2. The molecule has 0 saturated heterocycles. The topological polar surface area (TPSA) is 96.9 Å². The summed E-state index contributed by atoms with van der Waals surface area (Å²) in [6.45, 7) is 0.259. The monoisotopic (exact) mass is 372 g/mol. The van der Waals surface area contributed by atoms with E-state index in [0.29, 0.717) is 30.0 Å². The number of carbonyl (C=O) groups excluding carboxylic acids is 2. The van der Waals surface area contributed by atoms with Gasteiger partial charge >= 0.3 is 11.8 Å². The van der Waals surface area contributed by atoms with E-state index in [1.807, 2.05) is 30.3 Å². The second-order valence-corrected chi connectivity index (χ2v) is 5.83. The first-order valence-electron chi connectivity index (χ1n) is 8.55. The average Bonchev–Trinajstić information content (AvgIpc) is 2.71. The Kier molecular flexibility index (Phi) is 7.63. The van der Waals surface area contributed by atoms with Crippen molar-refractivity contribution in [1.29, 1.82) is 0 Å². The van der Waals surface area contributed by atoms with Gasteiger partial charge in [0.25, 0.3) is 0 Å². The van der Waals surface area contributed by atoms with Crippen LogP contribution in [0, 0.1) is 0 Å². The fraction of sp³-hybridized carbons (Fsp3) is 0.300. The molecule has 0 spiro atoms. The quantitative estimate of drug-likeness (QED) is 0.605. The SMILES string of the molecule is COc1ccc(C(O)CNC(=O)C(=O)NCCc2ccccc2)cc1OC. The van der Waals surface area contributed by atoms with Crippen molar-refractivity contribution in [3.63, 3.8) is 0 Å². The minimum absolute atomic E-state index is 0.0968. The first-order chi connectivity index (χ1) is 13.0. The molecule has 0 aliphatic rings. The fourth-order valence-corrected chi connectivity index (χ4v) is 2.49. The van der Waals surface area contributed by atoms with E-state index in [2.05, 4.69) is 10.6 Å². The number of rotatable bonds is 8. The summed E-state index contributed by atoms with van der Waals surface area (Å²) >= 11 is 0. The van der Waals surface area contributed by atoms with E-state index in [1.165, 1.54) is 14.2 Å². The van der Waals surface area contributed by atoms with Crippen molar-refractivity contribution in [1.82, 2.24) is 10.6 Å². The van der Waals surface area contributed by atoms with Crippen LogP contribution < -0.4 is 20.1 Å². The Hall–Kier alpha value is -3.06. The summed E-state index contributed by atoms with van der Waals surface area (Å²) in [6, 6.07) is 14.6. The van der Waals surface area contributed by atoms with Gasteiger partial charge in [-0.25, -0.2) is 0 Å². The molecule has 3 N–H and O–H groups in total. The molecule has 0 saturated carbocycles. The van der Waals surface area contributed by atoms with Crippen molar-refractivity contribution in [2.45, 2.75) is 12.5 Å². The zero-order valence-electron chi connectivity index (χ0n) is 15.4. The van der Waals surface area contributed by atoms with Gasteiger partial charge in [0, 0.05) is 13.1 Å². The van der Waals surface area contributed by atoms with Gasteiger partial charge in [0.05, 0.1) is 20.3 Å². The van der Waals surface area contributed by atoms with Crippen molar-refractivity contribution >= 4 is 11.8 Å². The molecule has 7 nitrogen and oxygen atoms in total. The lowest BCUT2D eigenvalue weighted by molar-refractivity contribution is -0.139. The van der Waals surface area contributed by atoms with Gasteiger partial charge in [0.2, 0.25) is 0 Å². The molecule has 1 unspecified atom stereocenters. The number of ether oxygens (including phenoxy) is 2. The number of hydrogen-bond donors (Lipinski definition) is 3. The van der Waals surface area contributed by atoms with Crippen LogP contribution in [0.5, 0.6) is 11.5 Å². The largest absolute Gasteiger partial charge is 0.493 e. The van der Waals surface area contributed by atoms with Gasteiger partial charge in [-0.1, -0.05) is 36.4 Å². The molecule has 0 radical (unpaired) electrons. The van der Waals surface area contributed by atoms with Crippen molar-refractivity contribution in [3.8, 4) is 11.5 Å². The van der Waals surface area contributed by atoms with E-state index in [0.717, 1.165) is 5.56 Å². The van der Waals surface area contributed by atoms with Crippen molar-refractivity contribution in [2.24, 2.45) is 0 Å². The van der Waals surface area contributed by atoms with Crippen LogP contribution in [0.25, 0.3) is 0 Å². The predicted octanol–water partition coefficient (Wildman–Crippen LogP) is 1.21. The molecular formula is C20H24N2O5. The Bertz CT molecular complexity index is 764. The maximum Gasteiger partial charge on any atom is 0.309 e. The summed E-state index contributed by atoms with van der Waals surface area (Å²) in [4.78, 5) is 23.7. The lowest BCUT2D eigenvalue weighted by Crippen LogP contribution is -2.42. The van der Waals surface area contributed by atoms with Crippen molar-refractivity contribution in [3.05, 3.63) is 59.7 Å². The third-order valence-electron chi connectivity index (χ3n) is 4.00. The molecule has 0 fully saturated rings. The molecule has 2 amide bonds. The second kappa shape index (κ2) is 10.2. The highest BCUT2D eigenvalue weighted by molar-refractivity contribution is 6.35. The Morgan fingerprint density at radius 1 is 0.963 bits per heavy atom. The summed E-state index contributed by atoms with van der Waals surface area (Å²) in [5.74, 6) is -0.512. The molecule has 0 aliphatic carbocycles. The Morgan fingerprint density at radius 3 is 2.30 bits per heavy atom. The number of aliphatic hydroxyl groups excluding tert-OH is 1. The number of carbonyl (C=O) groups is 2. The van der Waals surface area contributed by atoms with Crippen molar-refractivity contribution in [2.75, 3.05) is 27.3 Å². The lowest BCUT2D eigenvalue weighted by Gasteiger charge is -2.15. The molecule has 144 valence electrons. The molecule has 27 heavy (non-hydrogen) atoms. The second-order valence-electron chi connectivity index (χ2n) is 5.83. The van der Waals surface area contributed by atoms with Crippen LogP contribution in [0.4, 0.5) is 0 Å². The third kappa shape index (κ3) is 6.00. The van der Waals surface area contributed by atoms with Gasteiger partial charge < -0.3 is 25.2 Å². The highest BCUT2D eigenvalue weighted by atomic mass is 16.5. The first kappa shape index (κ1) is 20.3. The molecule has 2 aromatic rings. The van der Waals surface area contributed by atoms with E-state index < -0.39 is 17.9 Å². The zero-order valence-corrected chi connectivity index (χ0v) is 15.4. The van der Waals surface area contributed by atoms with Crippen LogP contribution in [0.1, 0.15) is 17.2 Å². The van der Waals surface area contributed by atoms with Crippen LogP contribution in [0.15, 0.2) is 48.5 Å². The molecule has 7 heteroatoms. The van der Waals surface area contributed by atoms with Crippen LogP contribution >= 0.6 is 0 Å². The van der Waals surface area contributed by atoms with Crippen LogP contribution in [0.2, 0.25) is 0 Å². The summed E-state index contributed by atoms with van der Waals surface area (Å²) < 4.78 is 10.3. The van der Waals surface area contributed by atoms with Gasteiger partial charge in [-0.15, -0.1) is 0 Å². The highest BCUT2D eigenvalue weighted by Crippen LogP contribution is 2.29. The average molecular weight is 372 g/mol. The highest BCUT2D eigenvalue weighted by Gasteiger charge is 2.16. The summed E-state index contributed by atoms with van der Waals surface area (Å²) in [6.07, 6.45) is -0.348. The molecule has 2 rings (SSSR count). The number of nitrogens with one attached hydrogen (secondary N) is 2. The van der Waals surface area contributed by atoms with Gasteiger partial charge in [-0.3, -0.25) is 9.59 Å². The standard InChI is InChI=1S/C20H24N2O5/c1-26-17-9-8-15(12-18(17)27-2)16(23)13-22-20(25)19(24)21-11-10-14-6-4-3-5-7-14/h3-9,12,16,23H,10-11,13H2,1-2H3,(H,21,24)(H,22,25). The Labute approximate surface area is 158 Å².